The molecule has 2 aromatic carbocycles. The number of hydrogen-bond donors (Lipinski definition) is 0. The topological polar surface area (TPSA) is 44.8 Å². The van der Waals surface area contributed by atoms with Gasteiger partial charge in [0.2, 0.25) is 6.29 Å². The van der Waals surface area contributed by atoms with Crippen molar-refractivity contribution < 1.29 is 23.4 Å². The Morgan fingerprint density at radius 3 is 2.85 bits per heavy atom. The van der Waals surface area contributed by atoms with E-state index in [1.54, 1.807) is 0 Å². The first-order valence-corrected chi connectivity index (χ1v) is 9.16. The average Bonchev–Trinajstić information content (AvgIpc) is 3.19. The lowest BCUT2D eigenvalue weighted by atomic mass is 10.1. The van der Waals surface area contributed by atoms with Crippen LogP contribution in [0.2, 0.25) is 0 Å². The number of halogens is 1. The Morgan fingerprint density at radius 2 is 2.07 bits per heavy atom. The van der Waals surface area contributed by atoms with E-state index in [4.69, 9.17) is 14.2 Å². The minimum atomic E-state index is -0.567. The van der Waals surface area contributed by atoms with Gasteiger partial charge in [-0.25, -0.2) is 4.39 Å². The molecule has 27 heavy (non-hydrogen) atoms. The highest BCUT2D eigenvalue weighted by Crippen LogP contribution is 2.37. The molecule has 2 atom stereocenters. The van der Waals surface area contributed by atoms with Gasteiger partial charge in [0.15, 0.2) is 0 Å². The molecule has 0 radical (unpaired) electrons. The van der Waals surface area contributed by atoms with E-state index in [0.717, 1.165) is 18.4 Å². The molecule has 1 heterocycles. The van der Waals surface area contributed by atoms with Crippen LogP contribution in [0.5, 0.6) is 5.75 Å². The zero-order chi connectivity index (χ0) is 18.6. The van der Waals surface area contributed by atoms with Crippen LogP contribution in [-0.4, -0.2) is 5.97 Å². The first-order valence-electron chi connectivity index (χ1n) is 9.16. The smallest absolute Gasteiger partial charge is 0.306 e. The van der Waals surface area contributed by atoms with Crippen LogP contribution in [0.1, 0.15) is 42.2 Å². The number of allylic oxidation sites excluding steroid dienone is 2. The zero-order valence-corrected chi connectivity index (χ0v) is 14.9. The van der Waals surface area contributed by atoms with E-state index < -0.39 is 12.1 Å². The first kappa shape index (κ1) is 17.7. The van der Waals surface area contributed by atoms with Crippen molar-refractivity contribution in [3.63, 3.8) is 0 Å². The standard InChI is InChI=1S/C22H21FO4/c23-19-11-17(13-25-20(24)10-15-6-4-5-7-15)21-18(12-19)14-26-22(27-21)16-8-2-1-3-9-16/h1-4,6,8-9,11-12,15,22H,5,7,10,13-14H2/t15-,22+/m0/s1. The van der Waals surface area contributed by atoms with Crippen LogP contribution in [0.4, 0.5) is 4.39 Å². The van der Waals surface area contributed by atoms with E-state index >= 15 is 0 Å². The molecule has 0 amide bonds. The summed E-state index contributed by atoms with van der Waals surface area (Å²) >= 11 is 0. The van der Waals surface area contributed by atoms with Crippen molar-refractivity contribution in [3.8, 4) is 5.75 Å². The molecule has 4 rings (SSSR count). The molecule has 0 N–H and O–H groups in total. The maximum Gasteiger partial charge on any atom is 0.306 e. The van der Waals surface area contributed by atoms with E-state index in [1.807, 2.05) is 30.3 Å². The third-order valence-corrected chi connectivity index (χ3v) is 4.82. The SMILES string of the molecule is O=C(C[C@H]1C=CCC1)OCc1cc(F)cc2c1O[C@H](c1ccccc1)OC2. The summed E-state index contributed by atoms with van der Waals surface area (Å²) in [6, 6.07) is 12.3. The number of fused-ring (bicyclic) bond motifs is 1. The van der Waals surface area contributed by atoms with Crippen molar-refractivity contribution in [2.75, 3.05) is 0 Å². The predicted molar refractivity (Wildman–Crippen MR) is 97.3 cm³/mol. The fourth-order valence-electron chi connectivity index (χ4n) is 3.46. The molecule has 0 saturated carbocycles. The van der Waals surface area contributed by atoms with Gasteiger partial charge in [-0.05, 0) is 30.9 Å². The summed E-state index contributed by atoms with van der Waals surface area (Å²) in [7, 11) is 0. The normalized spacial score (nSPS) is 20.8. The highest BCUT2D eigenvalue weighted by molar-refractivity contribution is 5.70. The first-order chi connectivity index (χ1) is 13.2. The van der Waals surface area contributed by atoms with Gasteiger partial charge < -0.3 is 14.2 Å². The van der Waals surface area contributed by atoms with Crippen LogP contribution in [0.3, 0.4) is 0 Å². The number of carbonyl (C=O) groups is 1. The highest BCUT2D eigenvalue weighted by atomic mass is 19.1. The molecule has 0 fully saturated rings. The summed E-state index contributed by atoms with van der Waals surface area (Å²) in [6.07, 6.45) is 5.90. The lowest BCUT2D eigenvalue weighted by molar-refractivity contribution is -0.146. The summed E-state index contributed by atoms with van der Waals surface area (Å²) in [5.74, 6) is 0.0937. The Hall–Kier alpha value is -2.66. The van der Waals surface area contributed by atoms with Crippen LogP contribution in [0.25, 0.3) is 0 Å². The third kappa shape index (κ3) is 4.19. The van der Waals surface area contributed by atoms with Crippen molar-refractivity contribution in [2.24, 2.45) is 5.92 Å². The molecule has 2 aliphatic rings. The van der Waals surface area contributed by atoms with Crippen molar-refractivity contribution >= 4 is 5.97 Å². The molecule has 1 aliphatic heterocycles. The van der Waals surface area contributed by atoms with Gasteiger partial charge in [-0.15, -0.1) is 0 Å². The number of benzene rings is 2. The lowest BCUT2D eigenvalue weighted by Gasteiger charge is -2.28. The van der Waals surface area contributed by atoms with Crippen LogP contribution >= 0.6 is 0 Å². The summed E-state index contributed by atoms with van der Waals surface area (Å²) in [4.78, 5) is 12.1. The van der Waals surface area contributed by atoms with Crippen molar-refractivity contribution in [3.05, 3.63) is 77.1 Å². The van der Waals surface area contributed by atoms with Crippen molar-refractivity contribution in [1.82, 2.24) is 0 Å². The summed E-state index contributed by atoms with van der Waals surface area (Å²) < 4.78 is 31.0. The van der Waals surface area contributed by atoms with Gasteiger partial charge in [0.25, 0.3) is 0 Å². The maximum absolute atomic E-state index is 14.0. The molecular formula is C22H21FO4. The van der Waals surface area contributed by atoms with E-state index in [2.05, 4.69) is 12.2 Å². The molecule has 2 aromatic rings. The number of hydrogen-bond acceptors (Lipinski definition) is 4. The second kappa shape index (κ2) is 7.92. The second-order valence-electron chi connectivity index (χ2n) is 6.86. The van der Waals surface area contributed by atoms with Gasteiger partial charge in [0.1, 0.15) is 18.2 Å². The van der Waals surface area contributed by atoms with Gasteiger partial charge in [0, 0.05) is 16.7 Å². The number of ether oxygens (including phenoxy) is 3. The minimum absolute atomic E-state index is 0.0170. The monoisotopic (exact) mass is 368 g/mol. The van der Waals surface area contributed by atoms with Gasteiger partial charge in [-0.3, -0.25) is 4.79 Å². The average molecular weight is 368 g/mol. The van der Waals surface area contributed by atoms with E-state index in [-0.39, 0.29) is 25.1 Å². The Labute approximate surface area is 157 Å². The highest BCUT2D eigenvalue weighted by Gasteiger charge is 2.26. The van der Waals surface area contributed by atoms with Gasteiger partial charge >= 0.3 is 5.97 Å². The largest absolute Gasteiger partial charge is 0.461 e. The van der Waals surface area contributed by atoms with E-state index in [9.17, 15) is 9.18 Å². The van der Waals surface area contributed by atoms with Crippen molar-refractivity contribution in [2.45, 2.75) is 38.8 Å². The molecule has 1 aliphatic carbocycles. The molecule has 4 nitrogen and oxygen atoms in total. The van der Waals surface area contributed by atoms with E-state index in [1.165, 1.54) is 12.1 Å². The molecule has 0 unspecified atom stereocenters. The molecule has 0 saturated heterocycles. The predicted octanol–water partition coefficient (Wildman–Crippen LogP) is 4.83. The molecule has 0 aromatic heterocycles. The second-order valence-corrected chi connectivity index (χ2v) is 6.86. The Balaban J connectivity index is 1.47. The van der Waals surface area contributed by atoms with Gasteiger partial charge in [-0.1, -0.05) is 42.5 Å². The minimum Gasteiger partial charge on any atom is -0.461 e. The number of rotatable bonds is 5. The quantitative estimate of drug-likeness (QED) is 0.560. The summed E-state index contributed by atoms with van der Waals surface area (Å²) in [5.41, 5.74) is 2.01. The number of esters is 1. The summed E-state index contributed by atoms with van der Waals surface area (Å²) in [5, 5.41) is 0. The van der Waals surface area contributed by atoms with Gasteiger partial charge in [-0.2, -0.15) is 0 Å². The van der Waals surface area contributed by atoms with Crippen LogP contribution in [0, 0.1) is 11.7 Å². The third-order valence-electron chi connectivity index (χ3n) is 4.82. The van der Waals surface area contributed by atoms with Crippen LogP contribution < -0.4 is 4.74 Å². The molecule has 0 bridgehead atoms. The number of carbonyl (C=O) groups excluding carboxylic acids is 1. The van der Waals surface area contributed by atoms with Crippen molar-refractivity contribution in [1.29, 1.82) is 0 Å². The lowest BCUT2D eigenvalue weighted by Crippen LogP contribution is -2.20. The Bertz CT molecular complexity index is 847. The van der Waals surface area contributed by atoms with Gasteiger partial charge in [0.05, 0.1) is 13.0 Å². The fraction of sp³-hybridized carbons (Fsp3) is 0.318. The molecular weight excluding hydrogens is 347 g/mol. The Kier molecular flexibility index (Phi) is 5.21. The molecule has 140 valence electrons. The Morgan fingerprint density at radius 1 is 1.22 bits per heavy atom. The van der Waals surface area contributed by atoms with Crippen LogP contribution in [0.15, 0.2) is 54.6 Å². The zero-order valence-electron chi connectivity index (χ0n) is 14.9. The molecule has 0 spiro atoms. The fourth-order valence-corrected chi connectivity index (χ4v) is 3.46. The maximum atomic E-state index is 14.0. The van der Waals surface area contributed by atoms with Crippen LogP contribution in [-0.2, 0) is 27.5 Å². The summed E-state index contributed by atoms with van der Waals surface area (Å²) in [6.45, 7) is 0.220. The molecule has 5 heteroatoms. The van der Waals surface area contributed by atoms with E-state index in [0.29, 0.717) is 23.3 Å².